The number of aromatic nitrogens is 2. The van der Waals surface area contributed by atoms with Gasteiger partial charge in [-0.25, -0.2) is 9.59 Å². The molecule has 0 bridgehead atoms. The van der Waals surface area contributed by atoms with Crippen molar-refractivity contribution in [2.45, 2.75) is 33.4 Å². The number of esters is 2. The van der Waals surface area contributed by atoms with Gasteiger partial charge in [0.2, 0.25) is 0 Å². The van der Waals surface area contributed by atoms with E-state index in [1.807, 2.05) is 0 Å². The van der Waals surface area contributed by atoms with Crippen molar-refractivity contribution in [2.75, 3.05) is 13.2 Å². The lowest BCUT2D eigenvalue weighted by atomic mass is 10.3. The fourth-order valence-electron chi connectivity index (χ4n) is 1.48. The minimum Gasteiger partial charge on any atom is -0.461 e. The average Bonchev–Trinajstić information content (AvgIpc) is 2.73. The fraction of sp³-hybridized carbons (Fsp3) is 0.583. The van der Waals surface area contributed by atoms with Crippen LogP contribution >= 0.6 is 0 Å². The number of hydrogen-bond acceptors (Lipinski definition) is 6. The summed E-state index contributed by atoms with van der Waals surface area (Å²) in [4.78, 5) is 23.3. The molecule has 106 valence electrons. The number of rotatable bonds is 6. The minimum atomic E-state index is -0.705. The molecule has 0 fully saturated rings. The van der Waals surface area contributed by atoms with Crippen LogP contribution in [0, 0.1) is 0 Å². The highest BCUT2D eigenvalue weighted by molar-refractivity contribution is 5.93. The van der Waals surface area contributed by atoms with Gasteiger partial charge in [0, 0.05) is 6.07 Å². The molecule has 0 radical (unpaired) electrons. The zero-order valence-corrected chi connectivity index (χ0v) is 11.3. The standard InChI is InChI=1S/C12H18N2O5/c1-4-18-11(16)9-6-10(12(17)19-5-2)14(13-9)7-8(3)15/h6,8,15H,4-5,7H2,1-3H3. The van der Waals surface area contributed by atoms with Crippen LogP contribution < -0.4 is 0 Å². The van der Waals surface area contributed by atoms with Gasteiger partial charge >= 0.3 is 11.9 Å². The Kier molecular flexibility index (Phi) is 5.50. The SMILES string of the molecule is CCOC(=O)c1cc(C(=O)OCC)n(CC(C)O)n1. The van der Waals surface area contributed by atoms with Gasteiger partial charge in [-0.2, -0.15) is 5.10 Å². The normalized spacial score (nSPS) is 12.0. The summed E-state index contributed by atoms with van der Waals surface area (Å²) in [6.07, 6.45) is -0.705. The second-order valence-corrected chi connectivity index (χ2v) is 3.89. The molecule has 1 aromatic rings. The van der Waals surface area contributed by atoms with Crippen LogP contribution in [0.15, 0.2) is 6.07 Å². The second kappa shape index (κ2) is 6.89. The number of carbonyl (C=O) groups is 2. The lowest BCUT2D eigenvalue weighted by Crippen LogP contribution is -2.19. The molecular formula is C12H18N2O5. The second-order valence-electron chi connectivity index (χ2n) is 3.89. The highest BCUT2D eigenvalue weighted by Crippen LogP contribution is 2.09. The summed E-state index contributed by atoms with van der Waals surface area (Å²) in [5.41, 5.74) is 0.136. The molecule has 0 aliphatic rings. The van der Waals surface area contributed by atoms with Gasteiger partial charge in [0.15, 0.2) is 5.69 Å². The molecule has 1 aromatic heterocycles. The summed E-state index contributed by atoms with van der Waals surface area (Å²) in [5, 5.41) is 13.3. The molecule has 0 amide bonds. The summed E-state index contributed by atoms with van der Waals surface area (Å²) in [6, 6.07) is 1.30. The van der Waals surface area contributed by atoms with Crippen molar-refractivity contribution in [3.8, 4) is 0 Å². The van der Waals surface area contributed by atoms with Crippen molar-refractivity contribution in [1.29, 1.82) is 0 Å². The molecule has 0 aliphatic heterocycles. The summed E-state index contributed by atoms with van der Waals surface area (Å²) in [7, 11) is 0. The first-order valence-electron chi connectivity index (χ1n) is 6.09. The summed E-state index contributed by atoms with van der Waals surface area (Å²) < 4.78 is 10.9. The Morgan fingerprint density at radius 2 is 1.89 bits per heavy atom. The number of aliphatic hydroxyl groups is 1. The predicted molar refractivity (Wildman–Crippen MR) is 65.8 cm³/mol. The summed E-state index contributed by atoms with van der Waals surface area (Å²) in [5.74, 6) is -1.21. The van der Waals surface area contributed by atoms with Gasteiger partial charge in [-0.15, -0.1) is 0 Å². The van der Waals surface area contributed by atoms with Crippen molar-refractivity contribution in [3.63, 3.8) is 0 Å². The van der Waals surface area contributed by atoms with E-state index in [0.717, 1.165) is 0 Å². The molecule has 1 rings (SSSR count). The Morgan fingerprint density at radius 1 is 1.32 bits per heavy atom. The van der Waals surface area contributed by atoms with Crippen molar-refractivity contribution in [2.24, 2.45) is 0 Å². The largest absolute Gasteiger partial charge is 0.461 e. The molecule has 19 heavy (non-hydrogen) atoms. The topological polar surface area (TPSA) is 90.7 Å². The van der Waals surface area contributed by atoms with Crippen molar-refractivity contribution in [1.82, 2.24) is 9.78 Å². The van der Waals surface area contributed by atoms with Gasteiger partial charge in [-0.05, 0) is 20.8 Å². The third-order valence-corrected chi connectivity index (χ3v) is 2.19. The Hall–Kier alpha value is -1.89. The molecule has 7 heteroatoms. The maximum absolute atomic E-state index is 11.7. The van der Waals surface area contributed by atoms with E-state index >= 15 is 0 Å². The van der Waals surface area contributed by atoms with E-state index in [4.69, 9.17) is 9.47 Å². The number of ether oxygens (including phenoxy) is 2. The minimum absolute atomic E-state index is 0.0190. The van der Waals surface area contributed by atoms with Crippen LogP contribution in [-0.2, 0) is 16.0 Å². The molecular weight excluding hydrogens is 252 g/mol. The molecule has 0 spiro atoms. The number of carbonyl (C=O) groups excluding carboxylic acids is 2. The molecule has 1 unspecified atom stereocenters. The predicted octanol–water partition coefficient (Wildman–Crippen LogP) is 0.617. The van der Waals surface area contributed by atoms with E-state index in [0.29, 0.717) is 0 Å². The summed E-state index contributed by atoms with van der Waals surface area (Å²) >= 11 is 0. The third-order valence-electron chi connectivity index (χ3n) is 2.19. The molecule has 0 aromatic carbocycles. The van der Waals surface area contributed by atoms with Gasteiger partial charge in [0.05, 0.1) is 25.9 Å². The molecule has 0 saturated heterocycles. The van der Waals surface area contributed by atoms with Crippen LogP contribution in [0.3, 0.4) is 0 Å². The van der Waals surface area contributed by atoms with Crippen LogP contribution in [0.1, 0.15) is 41.7 Å². The van der Waals surface area contributed by atoms with Crippen LogP contribution in [0.5, 0.6) is 0 Å². The highest BCUT2D eigenvalue weighted by atomic mass is 16.5. The fourth-order valence-corrected chi connectivity index (χ4v) is 1.48. The number of nitrogens with zero attached hydrogens (tertiary/aromatic N) is 2. The first kappa shape index (κ1) is 15.2. The van der Waals surface area contributed by atoms with Gasteiger partial charge in [-0.3, -0.25) is 4.68 Å². The van der Waals surface area contributed by atoms with Gasteiger partial charge in [0.1, 0.15) is 5.69 Å². The quantitative estimate of drug-likeness (QED) is 0.762. The highest BCUT2D eigenvalue weighted by Gasteiger charge is 2.21. The Balaban J connectivity index is 3.04. The maximum atomic E-state index is 11.7. The lowest BCUT2D eigenvalue weighted by molar-refractivity contribution is 0.0500. The van der Waals surface area contributed by atoms with Gasteiger partial charge in [-0.1, -0.05) is 0 Å². The van der Waals surface area contributed by atoms with E-state index in [2.05, 4.69) is 5.10 Å². The molecule has 1 atom stereocenters. The smallest absolute Gasteiger partial charge is 0.358 e. The van der Waals surface area contributed by atoms with Crippen molar-refractivity contribution < 1.29 is 24.2 Å². The molecule has 1 N–H and O–H groups in total. The third kappa shape index (κ3) is 4.06. The summed E-state index contributed by atoms with van der Waals surface area (Å²) in [6.45, 7) is 5.44. The lowest BCUT2D eigenvalue weighted by Gasteiger charge is -2.08. The van der Waals surface area contributed by atoms with E-state index in [9.17, 15) is 14.7 Å². The zero-order valence-electron chi connectivity index (χ0n) is 11.3. The van der Waals surface area contributed by atoms with Crippen molar-refractivity contribution in [3.05, 3.63) is 17.5 Å². The van der Waals surface area contributed by atoms with Crippen LogP contribution in [-0.4, -0.2) is 46.1 Å². The Morgan fingerprint density at radius 3 is 2.42 bits per heavy atom. The maximum Gasteiger partial charge on any atom is 0.358 e. The molecule has 0 aliphatic carbocycles. The van der Waals surface area contributed by atoms with Gasteiger partial charge < -0.3 is 14.6 Å². The molecule has 1 heterocycles. The Bertz CT molecular complexity index is 453. The molecule has 7 nitrogen and oxygen atoms in total. The van der Waals surface area contributed by atoms with E-state index in [1.54, 1.807) is 20.8 Å². The first-order chi connectivity index (χ1) is 8.99. The number of hydrogen-bond donors (Lipinski definition) is 1. The first-order valence-corrected chi connectivity index (χ1v) is 6.09. The van der Waals surface area contributed by atoms with Crippen molar-refractivity contribution >= 4 is 11.9 Å². The van der Waals surface area contributed by atoms with Gasteiger partial charge in [0.25, 0.3) is 0 Å². The monoisotopic (exact) mass is 270 g/mol. The van der Waals surface area contributed by atoms with E-state index < -0.39 is 18.0 Å². The van der Waals surface area contributed by atoms with E-state index in [1.165, 1.54) is 10.7 Å². The average molecular weight is 270 g/mol. The van der Waals surface area contributed by atoms with Crippen LogP contribution in [0.25, 0.3) is 0 Å². The Labute approximate surface area is 111 Å². The molecule has 0 saturated carbocycles. The number of aliphatic hydroxyl groups excluding tert-OH is 1. The zero-order chi connectivity index (χ0) is 14.4. The van der Waals surface area contributed by atoms with E-state index in [-0.39, 0.29) is 31.1 Å². The van der Waals surface area contributed by atoms with Crippen LogP contribution in [0.2, 0.25) is 0 Å². The van der Waals surface area contributed by atoms with Crippen LogP contribution in [0.4, 0.5) is 0 Å².